The third kappa shape index (κ3) is 19.6. The Bertz CT molecular complexity index is 230. The average Bonchev–Trinajstić information content (AvgIpc) is 2.50. The van der Waals surface area contributed by atoms with Gasteiger partial charge in [0.1, 0.15) is 0 Å². The Hall–Kier alpha value is -0.440. The Balaban J connectivity index is 3.04. The van der Waals surface area contributed by atoms with Gasteiger partial charge in [0.25, 0.3) is 0 Å². The van der Waals surface area contributed by atoms with Crippen molar-refractivity contribution in [2.45, 2.75) is 123 Å². The van der Waals surface area contributed by atoms with Crippen molar-refractivity contribution in [3.8, 4) is 11.8 Å². The van der Waals surface area contributed by atoms with Crippen molar-refractivity contribution in [3.05, 3.63) is 0 Å². The summed E-state index contributed by atoms with van der Waals surface area (Å²) in [7, 11) is 0. The molecular weight excluding hydrogens is 252 g/mol. The lowest BCUT2D eigenvalue weighted by Crippen LogP contribution is -1.82. The van der Waals surface area contributed by atoms with Crippen LogP contribution in [0.1, 0.15) is 123 Å². The fraction of sp³-hybridized carbons (Fsp3) is 0.905. The molecule has 0 atom stereocenters. The molecule has 0 aliphatic carbocycles. The van der Waals surface area contributed by atoms with E-state index in [4.69, 9.17) is 0 Å². The summed E-state index contributed by atoms with van der Waals surface area (Å²) in [6.07, 6.45) is 23.3. The average molecular weight is 293 g/mol. The lowest BCUT2D eigenvalue weighted by Gasteiger charge is -2.01. The highest BCUT2D eigenvalue weighted by Crippen LogP contribution is 2.11. The molecule has 124 valence electrons. The maximum absolute atomic E-state index is 3.34. The van der Waals surface area contributed by atoms with Gasteiger partial charge in [-0.15, -0.1) is 11.8 Å². The fourth-order valence-electron chi connectivity index (χ4n) is 2.69. The molecule has 0 nitrogen and oxygen atoms in total. The number of unbranched alkanes of at least 4 members (excludes halogenated alkanes) is 15. The Kier molecular flexibility index (Phi) is 19.2. The van der Waals surface area contributed by atoms with Gasteiger partial charge < -0.3 is 0 Å². The van der Waals surface area contributed by atoms with E-state index in [1.54, 1.807) is 0 Å². The summed E-state index contributed by atoms with van der Waals surface area (Å²) in [6, 6.07) is 0. The maximum atomic E-state index is 3.34. The predicted octanol–water partition coefficient (Wildman–Crippen LogP) is 7.66. The van der Waals surface area contributed by atoms with Gasteiger partial charge >= 0.3 is 0 Å². The minimum Gasteiger partial charge on any atom is -0.103 e. The quantitative estimate of drug-likeness (QED) is 0.215. The molecule has 0 aliphatic heterocycles. The van der Waals surface area contributed by atoms with Crippen LogP contribution in [-0.2, 0) is 0 Å². The Morgan fingerprint density at radius 1 is 0.381 bits per heavy atom. The van der Waals surface area contributed by atoms with Gasteiger partial charge in [0.2, 0.25) is 0 Å². The zero-order valence-electron chi connectivity index (χ0n) is 15.0. The van der Waals surface area contributed by atoms with Crippen molar-refractivity contribution in [2.24, 2.45) is 0 Å². The molecule has 0 aliphatic rings. The summed E-state index contributed by atoms with van der Waals surface area (Å²) in [5.74, 6) is 6.67. The largest absolute Gasteiger partial charge is 0.103 e. The summed E-state index contributed by atoms with van der Waals surface area (Å²) >= 11 is 0. The van der Waals surface area contributed by atoms with Crippen LogP contribution in [0.2, 0.25) is 0 Å². The van der Waals surface area contributed by atoms with Gasteiger partial charge in [-0.1, -0.05) is 97.3 Å². The van der Waals surface area contributed by atoms with Gasteiger partial charge in [0.05, 0.1) is 0 Å². The first-order valence-electron chi connectivity index (χ1n) is 9.87. The van der Waals surface area contributed by atoms with E-state index in [1.807, 2.05) is 0 Å². The molecule has 0 heterocycles. The lowest BCUT2D eigenvalue weighted by atomic mass is 10.1. The number of hydrogen-bond acceptors (Lipinski definition) is 0. The first-order chi connectivity index (χ1) is 10.4. The molecule has 0 spiro atoms. The summed E-state index contributed by atoms with van der Waals surface area (Å²) in [5, 5.41) is 0. The van der Waals surface area contributed by atoms with Crippen molar-refractivity contribution < 1.29 is 0 Å². The maximum Gasteiger partial charge on any atom is 0.00886 e. The first kappa shape index (κ1) is 20.6. The van der Waals surface area contributed by atoms with Crippen molar-refractivity contribution in [1.29, 1.82) is 0 Å². The topological polar surface area (TPSA) is 0 Å². The molecular formula is C21H40. The molecule has 0 N–H and O–H groups in total. The number of rotatable bonds is 15. The van der Waals surface area contributed by atoms with E-state index in [-0.39, 0.29) is 0 Å². The van der Waals surface area contributed by atoms with Crippen LogP contribution in [0.4, 0.5) is 0 Å². The molecule has 0 fully saturated rings. The third-order valence-corrected chi connectivity index (χ3v) is 4.19. The summed E-state index contributed by atoms with van der Waals surface area (Å²) < 4.78 is 0. The third-order valence-electron chi connectivity index (χ3n) is 4.19. The standard InChI is InChI=1S/C21H40/c1-3-5-7-9-11-13-15-17-19-21-20-18-16-14-12-10-8-6-4-2/h3-13,15,17-21H2,1-2H3. The normalized spacial score (nSPS) is 10.4. The van der Waals surface area contributed by atoms with E-state index in [0.29, 0.717) is 0 Å². The summed E-state index contributed by atoms with van der Waals surface area (Å²) in [5.41, 5.74) is 0. The van der Waals surface area contributed by atoms with Crippen LogP contribution in [-0.4, -0.2) is 0 Å². The minimum absolute atomic E-state index is 1.12. The number of hydrogen-bond donors (Lipinski definition) is 0. The molecule has 0 aromatic carbocycles. The molecule has 0 rings (SSSR count). The molecule has 0 heteroatoms. The molecule has 0 radical (unpaired) electrons. The zero-order chi connectivity index (χ0) is 15.4. The van der Waals surface area contributed by atoms with Crippen LogP contribution in [0.25, 0.3) is 0 Å². The SMILES string of the molecule is CCCCCCC#CCCCCCCCCCCCCC. The minimum atomic E-state index is 1.12. The van der Waals surface area contributed by atoms with Crippen LogP contribution in [0, 0.1) is 11.8 Å². The van der Waals surface area contributed by atoms with Crippen molar-refractivity contribution in [2.75, 3.05) is 0 Å². The van der Waals surface area contributed by atoms with E-state index in [9.17, 15) is 0 Å². The Morgan fingerprint density at radius 2 is 0.667 bits per heavy atom. The molecule has 0 amide bonds. The molecule has 21 heavy (non-hydrogen) atoms. The van der Waals surface area contributed by atoms with Crippen molar-refractivity contribution in [1.82, 2.24) is 0 Å². The molecule has 0 aromatic heterocycles. The van der Waals surface area contributed by atoms with E-state index >= 15 is 0 Å². The lowest BCUT2D eigenvalue weighted by molar-refractivity contribution is 0.551. The van der Waals surface area contributed by atoms with Gasteiger partial charge in [-0.05, 0) is 12.8 Å². The monoisotopic (exact) mass is 292 g/mol. The Morgan fingerprint density at radius 3 is 1.05 bits per heavy atom. The fourth-order valence-corrected chi connectivity index (χ4v) is 2.69. The van der Waals surface area contributed by atoms with Crippen molar-refractivity contribution >= 4 is 0 Å². The zero-order valence-corrected chi connectivity index (χ0v) is 15.0. The highest BCUT2D eigenvalue weighted by atomic mass is 14.0. The van der Waals surface area contributed by atoms with Gasteiger partial charge in [-0.25, -0.2) is 0 Å². The van der Waals surface area contributed by atoms with Crippen LogP contribution < -0.4 is 0 Å². The predicted molar refractivity (Wildman–Crippen MR) is 97.6 cm³/mol. The van der Waals surface area contributed by atoms with E-state index in [1.165, 1.54) is 96.3 Å². The van der Waals surface area contributed by atoms with Gasteiger partial charge in [0.15, 0.2) is 0 Å². The molecule has 0 bridgehead atoms. The smallest absolute Gasteiger partial charge is 0.00886 e. The highest BCUT2D eigenvalue weighted by molar-refractivity contribution is 4.98. The van der Waals surface area contributed by atoms with Crippen LogP contribution >= 0.6 is 0 Å². The first-order valence-corrected chi connectivity index (χ1v) is 9.87. The Labute approximate surface area is 135 Å². The van der Waals surface area contributed by atoms with Gasteiger partial charge in [0, 0.05) is 12.8 Å². The summed E-state index contributed by atoms with van der Waals surface area (Å²) in [6.45, 7) is 4.55. The molecule has 0 unspecified atom stereocenters. The molecule has 0 saturated carbocycles. The second kappa shape index (κ2) is 19.6. The van der Waals surface area contributed by atoms with Crippen LogP contribution in [0.5, 0.6) is 0 Å². The van der Waals surface area contributed by atoms with E-state index < -0.39 is 0 Å². The highest BCUT2D eigenvalue weighted by Gasteiger charge is 1.92. The van der Waals surface area contributed by atoms with Crippen LogP contribution in [0.15, 0.2) is 0 Å². The second-order valence-corrected chi connectivity index (χ2v) is 6.45. The second-order valence-electron chi connectivity index (χ2n) is 6.45. The summed E-state index contributed by atoms with van der Waals surface area (Å²) in [4.78, 5) is 0. The molecule has 0 aromatic rings. The van der Waals surface area contributed by atoms with E-state index in [2.05, 4.69) is 25.7 Å². The van der Waals surface area contributed by atoms with E-state index in [0.717, 1.165) is 12.8 Å². The van der Waals surface area contributed by atoms with Crippen LogP contribution in [0.3, 0.4) is 0 Å². The van der Waals surface area contributed by atoms with Gasteiger partial charge in [-0.2, -0.15) is 0 Å². The molecule has 0 saturated heterocycles. The van der Waals surface area contributed by atoms with Gasteiger partial charge in [-0.3, -0.25) is 0 Å². The van der Waals surface area contributed by atoms with Crippen molar-refractivity contribution in [3.63, 3.8) is 0 Å².